The average Bonchev–Trinajstić information content (AvgIpc) is 1.55. The molecule has 94 heavy (non-hydrogen) atoms. The van der Waals surface area contributed by atoms with Gasteiger partial charge in [0.25, 0.3) is 0 Å². The van der Waals surface area contributed by atoms with E-state index >= 15 is 0 Å². The number of aliphatic hydroxyl groups is 1. The number of hydrogen-bond acceptors (Lipinski definition) is 15. The summed E-state index contributed by atoms with van der Waals surface area (Å²) in [5.41, 5.74) is 0. The predicted molar refractivity (Wildman–Crippen MR) is 381 cm³/mol. The van der Waals surface area contributed by atoms with Crippen molar-refractivity contribution in [1.82, 2.24) is 0 Å². The molecule has 0 aliphatic rings. The summed E-state index contributed by atoms with van der Waals surface area (Å²) < 4.78 is 68.2. The van der Waals surface area contributed by atoms with Crippen LogP contribution in [0, 0.1) is 0 Å². The first-order chi connectivity index (χ1) is 45.7. The number of carbonyl (C=O) groups excluding carboxylic acids is 4. The van der Waals surface area contributed by atoms with Crippen LogP contribution in [0.3, 0.4) is 0 Å². The molecule has 0 rings (SSSR count). The molecule has 0 spiro atoms. The second-order valence-electron chi connectivity index (χ2n) is 23.4. The van der Waals surface area contributed by atoms with Gasteiger partial charge in [-0.25, -0.2) is 9.13 Å². The zero-order valence-corrected chi connectivity index (χ0v) is 60.1. The topological polar surface area (TPSA) is 237 Å². The van der Waals surface area contributed by atoms with Gasteiger partial charge in [-0.1, -0.05) is 226 Å². The van der Waals surface area contributed by atoms with Gasteiger partial charge in [0.2, 0.25) is 0 Å². The molecule has 538 valence electrons. The van der Waals surface area contributed by atoms with E-state index in [9.17, 15) is 43.2 Å². The lowest BCUT2D eigenvalue weighted by Crippen LogP contribution is -2.30. The van der Waals surface area contributed by atoms with Crippen LogP contribution >= 0.6 is 15.6 Å². The van der Waals surface area contributed by atoms with Crippen LogP contribution < -0.4 is 0 Å². The Morgan fingerprint density at radius 3 is 0.926 bits per heavy atom. The number of esters is 4. The van der Waals surface area contributed by atoms with Gasteiger partial charge >= 0.3 is 39.5 Å². The molecular weight excluding hydrogens is 1230 g/mol. The van der Waals surface area contributed by atoms with E-state index in [-0.39, 0.29) is 25.7 Å². The number of hydrogen-bond donors (Lipinski definition) is 3. The molecule has 3 N–H and O–H groups in total. The Labute approximate surface area is 568 Å². The van der Waals surface area contributed by atoms with Gasteiger partial charge in [-0.05, 0) is 141 Å². The summed E-state index contributed by atoms with van der Waals surface area (Å²) in [4.78, 5) is 72.6. The Kier molecular flexibility index (Phi) is 63.8. The van der Waals surface area contributed by atoms with Crippen molar-refractivity contribution < 1.29 is 80.2 Å². The summed E-state index contributed by atoms with van der Waals surface area (Å²) in [6.07, 6.45) is 70.7. The minimum atomic E-state index is -4.98. The molecule has 5 atom stereocenters. The summed E-state index contributed by atoms with van der Waals surface area (Å²) in [6, 6.07) is 0. The standard InChI is InChI=1S/C75H126O17P2/c1-5-9-13-17-21-25-29-32-34-37-40-43-47-51-55-59-72(77)85-65-70(91-74(79)61-57-53-49-45-39-28-24-20-16-12-8-4)67-89-93(81,82)87-63-69(76)64-88-94(83,84)90-68-71(92-75(80)62-58-54-50-46-42-36-31-27-23-19-15-11-7-3)66-86-73(78)60-56-52-48-44-41-38-35-33-30-26-22-18-14-10-6-2/h9-10,13-15,19-22,24-27,31-35,41,44,69-71,76H,5-8,11-12,16-18,23,28-30,36-40,42-43,45-68H2,1-4H3,(H,81,82)(H,83,84)/b13-9-,14-10-,19-15-,24-20-,25-21-,26-22-,31-27-,34-32-,35-33-,44-41-. The van der Waals surface area contributed by atoms with Gasteiger partial charge in [-0.2, -0.15) is 0 Å². The highest BCUT2D eigenvalue weighted by molar-refractivity contribution is 7.47. The summed E-state index contributed by atoms with van der Waals surface area (Å²) in [5.74, 6) is -2.27. The van der Waals surface area contributed by atoms with Crippen molar-refractivity contribution in [2.24, 2.45) is 0 Å². The van der Waals surface area contributed by atoms with Gasteiger partial charge < -0.3 is 33.8 Å². The molecule has 0 aliphatic heterocycles. The van der Waals surface area contributed by atoms with E-state index in [1.807, 2.05) is 0 Å². The van der Waals surface area contributed by atoms with E-state index in [0.717, 1.165) is 180 Å². The maximum absolute atomic E-state index is 13.0. The Hall–Kier alpha value is -4.54. The van der Waals surface area contributed by atoms with Gasteiger partial charge in [0.1, 0.15) is 19.3 Å². The zero-order valence-electron chi connectivity index (χ0n) is 58.3. The fourth-order valence-corrected chi connectivity index (χ4v) is 10.5. The molecule has 0 bridgehead atoms. The molecule has 5 unspecified atom stereocenters. The van der Waals surface area contributed by atoms with Crippen molar-refractivity contribution in [1.29, 1.82) is 0 Å². The number of allylic oxidation sites excluding steroid dienone is 20. The third-order valence-corrected chi connectivity index (χ3v) is 16.3. The van der Waals surface area contributed by atoms with Crippen LogP contribution in [0.25, 0.3) is 0 Å². The largest absolute Gasteiger partial charge is 0.472 e. The number of phosphoric acid groups is 2. The second kappa shape index (κ2) is 67.0. The van der Waals surface area contributed by atoms with Crippen molar-refractivity contribution in [2.75, 3.05) is 39.6 Å². The molecule has 17 nitrogen and oxygen atoms in total. The van der Waals surface area contributed by atoms with Crippen LogP contribution in [0.15, 0.2) is 122 Å². The van der Waals surface area contributed by atoms with E-state index < -0.39 is 97.5 Å². The van der Waals surface area contributed by atoms with Crippen LogP contribution in [0.2, 0.25) is 0 Å². The molecule has 0 saturated carbocycles. The predicted octanol–water partition coefficient (Wildman–Crippen LogP) is 20.0. The Morgan fingerprint density at radius 1 is 0.309 bits per heavy atom. The highest BCUT2D eigenvalue weighted by atomic mass is 31.2. The van der Waals surface area contributed by atoms with Gasteiger partial charge in [-0.15, -0.1) is 0 Å². The minimum absolute atomic E-state index is 0.0667. The van der Waals surface area contributed by atoms with E-state index in [4.69, 9.17) is 37.0 Å². The van der Waals surface area contributed by atoms with Gasteiger partial charge in [0.05, 0.1) is 26.4 Å². The van der Waals surface area contributed by atoms with Crippen molar-refractivity contribution in [3.8, 4) is 0 Å². The zero-order chi connectivity index (χ0) is 69.0. The molecule has 0 aliphatic carbocycles. The molecular formula is C75H126O17P2. The highest BCUT2D eigenvalue weighted by Crippen LogP contribution is 2.45. The lowest BCUT2D eigenvalue weighted by Gasteiger charge is -2.21. The van der Waals surface area contributed by atoms with Crippen molar-refractivity contribution in [3.63, 3.8) is 0 Å². The summed E-state index contributed by atoms with van der Waals surface area (Å²) >= 11 is 0. The third-order valence-electron chi connectivity index (χ3n) is 14.4. The molecule has 19 heteroatoms. The lowest BCUT2D eigenvalue weighted by atomic mass is 10.1. The minimum Gasteiger partial charge on any atom is -0.462 e. The fourth-order valence-electron chi connectivity index (χ4n) is 8.95. The van der Waals surface area contributed by atoms with Crippen molar-refractivity contribution in [3.05, 3.63) is 122 Å². The Morgan fingerprint density at radius 2 is 0.574 bits per heavy atom. The Bertz CT molecular complexity index is 2270. The highest BCUT2D eigenvalue weighted by Gasteiger charge is 2.30. The fraction of sp³-hybridized carbons (Fsp3) is 0.680. The Balaban J connectivity index is 5.38. The monoisotopic (exact) mass is 1360 g/mol. The first kappa shape index (κ1) is 89.5. The number of unbranched alkanes of at least 4 members (excludes halogenated alkanes) is 20. The second-order valence-corrected chi connectivity index (χ2v) is 26.3. The van der Waals surface area contributed by atoms with Crippen LogP contribution in [-0.4, -0.2) is 96.7 Å². The average molecular weight is 1360 g/mol. The van der Waals surface area contributed by atoms with Crippen LogP contribution in [-0.2, 0) is 65.4 Å². The number of phosphoric ester groups is 2. The van der Waals surface area contributed by atoms with Crippen LogP contribution in [0.4, 0.5) is 0 Å². The smallest absolute Gasteiger partial charge is 0.462 e. The summed E-state index contributed by atoms with van der Waals surface area (Å²) in [6.45, 7) is 4.42. The number of rotatable bonds is 66. The third kappa shape index (κ3) is 66.1. The molecule has 0 amide bonds. The molecule has 0 heterocycles. The van der Waals surface area contributed by atoms with E-state index in [1.54, 1.807) is 0 Å². The summed E-state index contributed by atoms with van der Waals surface area (Å²) in [7, 11) is -9.96. The molecule has 0 aromatic heterocycles. The molecule has 0 saturated heterocycles. The quantitative estimate of drug-likeness (QED) is 0.0169. The summed E-state index contributed by atoms with van der Waals surface area (Å²) in [5, 5.41) is 10.6. The van der Waals surface area contributed by atoms with E-state index in [1.165, 1.54) is 12.8 Å². The van der Waals surface area contributed by atoms with Crippen LogP contribution in [0.5, 0.6) is 0 Å². The lowest BCUT2D eigenvalue weighted by molar-refractivity contribution is -0.161. The SMILES string of the molecule is CC/C=C\C/C=C\C/C=C\C/C=C\CCCCC(=O)OCC(COP(=O)(O)OCC(O)COP(=O)(O)OCC(COC(=O)CCCCCCC/C=C\C/C=C\C/C=C\CC)OC(=O)CCCCCCC/C=C\CCCC)OC(=O)CCCCCCC/C=C\C/C=C\CCC. The van der Waals surface area contributed by atoms with Crippen molar-refractivity contribution in [2.45, 2.75) is 290 Å². The molecule has 0 aromatic rings. The molecule has 0 radical (unpaired) electrons. The van der Waals surface area contributed by atoms with Gasteiger partial charge in [0.15, 0.2) is 12.2 Å². The number of aliphatic hydroxyl groups excluding tert-OH is 1. The normalized spacial score (nSPS) is 14.8. The van der Waals surface area contributed by atoms with Gasteiger partial charge in [0, 0.05) is 25.7 Å². The number of carbonyl (C=O) groups is 4. The number of ether oxygens (including phenoxy) is 4. The van der Waals surface area contributed by atoms with Gasteiger partial charge in [-0.3, -0.25) is 37.3 Å². The van der Waals surface area contributed by atoms with E-state index in [2.05, 4.69) is 149 Å². The van der Waals surface area contributed by atoms with Crippen LogP contribution in [0.1, 0.15) is 272 Å². The first-order valence-corrected chi connectivity index (χ1v) is 38.8. The van der Waals surface area contributed by atoms with Crippen molar-refractivity contribution >= 4 is 39.5 Å². The van der Waals surface area contributed by atoms with E-state index in [0.29, 0.717) is 25.7 Å². The first-order valence-electron chi connectivity index (χ1n) is 35.8. The molecule has 0 aromatic carbocycles. The maximum Gasteiger partial charge on any atom is 0.472 e. The maximum atomic E-state index is 13.0. The molecule has 0 fully saturated rings.